The third-order valence-corrected chi connectivity index (χ3v) is 6.01. The number of benzene rings is 3. The minimum atomic E-state index is 0.242. The summed E-state index contributed by atoms with van der Waals surface area (Å²) >= 11 is 0. The van der Waals surface area contributed by atoms with E-state index in [0.717, 1.165) is 24.1 Å². The lowest BCUT2D eigenvalue weighted by atomic mass is 10.1. The molecule has 0 aliphatic carbocycles. The third kappa shape index (κ3) is 2.42. The van der Waals surface area contributed by atoms with Crippen molar-refractivity contribution in [1.82, 2.24) is 0 Å². The summed E-state index contributed by atoms with van der Waals surface area (Å²) in [7, 11) is 2.19. The van der Waals surface area contributed by atoms with Crippen molar-refractivity contribution >= 4 is 33.3 Å². The molecule has 1 unspecified atom stereocenters. The Labute approximate surface area is 159 Å². The van der Waals surface area contributed by atoms with E-state index in [-0.39, 0.29) is 6.17 Å². The van der Waals surface area contributed by atoms with Gasteiger partial charge < -0.3 is 14.2 Å². The van der Waals surface area contributed by atoms with Crippen LogP contribution in [0.2, 0.25) is 0 Å². The van der Waals surface area contributed by atoms with Gasteiger partial charge in [-0.25, -0.2) is 0 Å². The van der Waals surface area contributed by atoms with Crippen LogP contribution < -0.4 is 9.80 Å². The maximum atomic E-state index is 6.36. The number of hydrogen-bond acceptors (Lipinski definition) is 3. The molecule has 1 atom stereocenters. The number of hydrogen-bond donors (Lipinski definition) is 0. The first-order valence-electron chi connectivity index (χ1n) is 9.63. The normalized spacial score (nSPS) is 17.4. The van der Waals surface area contributed by atoms with Crippen molar-refractivity contribution in [2.24, 2.45) is 0 Å². The van der Waals surface area contributed by atoms with Crippen molar-refractivity contribution in [3.8, 4) is 0 Å². The van der Waals surface area contributed by atoms with Crippen LogP contribution in [0.15, 0.2) is 65.1 Å². The van der Waals surface area contributed by atoms with Crippen molar-refractivity contribution in [1.29, 1.82) is 0 Å². The summed E-state index contributed by atoms with van der Waals surface area (Å²) in [6, 6.07) is 21.5. The van der Waals surface area contributed by atoms with Crippen LogP contribution in [-0.2, 0) is 6.42 Å². The Bertz CT molecular complexity index is 1140. The SMILES string of the molecule is Cc1ccc2c(oc3ccccc32)c1N1CCc2ccccc2N(C)C1C. The summed E-state index contributed by atoms with van der Waals surface area (Å²) in [4.78, 5) is 4.88. The molecule has 0 N–H and O–H groups in total. The molecular formula is C24H24N2O. The van der Waals surface area contributed by atoms with Gasteiger partial charge in [0.15, 0.2) is 5.58 Å². The van der Waals surface area contributed by atoms with Crippen LogP contribution in [0.5, 0.6) is 0 Å². The molecule has 1 aliphatic heterocycles. The van der Waals surface area contributed by atoms with Crippen LogP contribution in [0.3, 0.4) is 0 Å². The first-order valence-corrected chi connectivity index (χ1v) is 9.63. The van der Waals surface area contributed by atoms with Gasteiger partial charge in [-0.2, -0.15) is 0 Å². The molecule has 5 rings (SSSR count). The van der Waals surface area contributed by atoms with Gasteiger partial charge in [-0.15, -0.1) is 0 Å². The molecule has 0 fully saturated rings. The number of rotatable bonds is 1. The smallest absolute Gasteiger partial charge is 0.159 e. The lowest BCUT2D eigenvalue weighted by molar-refractivity contribution is 0.622. The predicted molar refractivity (Wildman–Crippen MR) is 114 cm³/mol. The van der Waals surface area contributed by atoms with Gasteiger partial charge >= 0.3 is 0 Å². The maximum Gasteiger partial charge on any atom is 0.159 e. The second kappa shape index (κ2) is 6.05. The van der Waals surface area contributed by atoms with Crippen LogP contribution >= 0.6 is 0 Å². The predicted octanol–water partition coefficient (Wildman–Crippen LogP) is 5.74. The van der Waals surface area contributed by atoms with Gasteiger partial charge in [0.1, 0.15) is 5.58 Å². The molecule has 136 valence electrons. The molecule has 0 saturated heterocycles. The number of furan rings is 1. The van der Waals surface area contributed by atoms with E-state index < -0.39 is 0 Å². The Kier molecular flexibility index (Phi) is 3.64. The van der Waals surface area contributed by atoms with Gasteiger partial charge in [0.25, 0.3) is 0 Å². The summed E-state index contributed by atoms with van der Waals surface area (Å²) in [5.41, 5.74) is 7.16. The van der Waals surface area contributed by atoms with Crippen molar-refractivity contribution in [2.45, 2.75) is 26.4 Å². The number of fused-ring (bicyclic) bond motifs is 4. The van der Waals surface area contributed by atoms with E-state index in [1.54, 1.807) is 0 Å². The zero-order valence-electron chi connectivity index (χ0n) is 16.1. The lowest BCUT2D eigenvalue weighted by Gasteiger charge is -2.36. The van der Waals surface area contributed by atoms with Gasteiger partial charge in [-0.1, -0.05) is 48.5 Å². The number of anilines is 2. The molecule has 2 heterocycles. The molecule has 1 aliphatic rings. The highest BCUT2D eigenvalue weighted by atomic mass is 16.3. The van der Waals surface area contributed by atoms with E-state index in [0.29, 0.717) is 0 Å². The monoisotopic (exact) mass is 356 g/mol. The Morgan fingerprint density at radius 3 is 2.59 bits per heavy atom. The van der Waals surface area contributed by atoms with E-state index in [9.17, 15) is 0 Å². The minimum absolute atomic E-state index is 0.242. The molecule has 3 aromatic carbocycles. The van der Waals surface area contributed by atoms with Crippen molar-refractivity contribution < 1.29 is 4.42 Å². The lowest BCUT2D eigenvalue weighted by Crippen LogP contribution is -2.44. The molecule has 1 aromatic heterocycles. The average Bonchev–Trinajstić information content (AvgIpc) is 3.02. The van der Waals surface area contributed by atoms with E-state index >= 15 is 0 Å². The molecule has 3 heteroatoms. The van der Waals surface area contributed by atoms with Gasteiger partial charge in [-0.3, -0.25) is 0 Å². The quantitative estimate of drug-likeness (QED) is 0.434. The van der Waals surface area contributed by atoms with Crippen LogP contribution in [-0.4, -0.2) is 19.8 Å². The average molecular weight is 356 g/mol. The first kappa shape index (κ1) is 16.2. The van der Waals surface area contributed by atoms with E-state index in [4.69, 9.17) is 4.42 Å². The van der Waals surface area contributed by atoms with E-state index in [1.165, 1.54) is 33.3 Å². The summed E-state index contributed by atoms with van der Waals surface area (Å²) in [5.74, 6) is 0. The Morgan fingerprint density at radius 1 is 0.926 bits per heavy atom. The molecule has 0 bridgehead atoms. The van der Waals surface area contributed by atoms with Gasteiger partial charge in [0, 0.05) is 30.1 Å². The largest absolute Gasteiger partial charge is 0.454 e. The summed E-state index contributed by atoms with van der Waals surface area (Å²) in [5, 5.41) is 2.38. The topological polar surface area (TPSA) is 19.6 Å². The zero-order chi connectivity index (χ0) is 18.5. The first-order chi connectivity index (χ1) is 13.1. The summed E-state index contributed by atoms with van der Waals surface area (Å²) in [6.07, 6.45) is 1.27. The Balaban J connectivity index is 1.70. The Morgan fingerprint density at radius 2 is 1.70 bits per heavy atom. The molecule has 0 radical (unpaired) electrons. The molecule has 0 spiro atoms. The summed E-state index contributed by atoms with van der Waals surface area (Å²) in [6.45, 7) is 5.44. The number of nitrogens with zero attached hydrogens (tertiary/aromatic N) is 2. The van der Waals surface area contributed by atoms with E-state index in [1.807, 2.05) is 6.07 Å². The molecule has 3 nitrogen and oxygen atoms in total. The van der Waals surface area contributed by atoms with Crippen molar-refractivity contribution in [2.75, 3.05) is 23.4 Å². The van der Waals surface area contributed by atoms with Gasteiger partial charge in [0.2, 0.25) is 0 Å². The second-order valence-electron chi connectivity index (χ2n) is 7.52. The molecular weight excluding hydrogens is 332 g/mol. The molecule has 0 amide bonds. The fourth-order valence-corrected chi connectivity index (χ4v) is 4.43. The molecule has 0 saturated carbocycles. The maximum absolute atomic E-state index is 6.36. The minimum Gasteiger partial charge on any atom is -0.454 e. The highest BCUT2D eigenvalue weighted by molar-refractivity contribution is 6.09. The van der Waals surface area contributed by atoms with E-state index in [2.05, 4.69) is 85.3 Å². The number of aryl methyl sites for hydroxylation is 1. The number of para-hydroxylation sites is 2. The highest BCUT2D eigenvalue weighted by Gasteiger charge is 2.28. The fourth-order valence-electron chi connectivity index (χ4n) is 4.43. The summed E-state index contributed by atoms with van der Waals surface area (Å²) < 4.78 is 6.36. The zero-order valence-corrected chi connectivity index (χ0v) is 16.1. The molecule has 27 heavy (non-hydrogen) atoms. The van der Waals surface area contributed by atoms with Crippen molar-refractivity contribution in [3.05, 3.63) is 71.8 Å². The molecule has 4 aromatic rings. The van der Waals surface area contributed by atoms with Crippen LogP contribution in [0.1, 0.15) is 18.1 Å². The van der Waals surface area contributed by atoms with Crippen LogP contribution in [0, 0.1) is 6.92 Å². The van der Waals surface area contributed by atoms with Crippen LogP contribution in [0.4, 0.5) is 11.4 Å². The van der Waals surface area contributed by atoms with Crippen LogP contribution in [0.25, 0.3) is 21.9 Å². The standard InChI is InChI=1S/C24H24N2O/c1-16-12-13-20-19-9-5-7-11-22(19)27-24(20)23(16)26-15-14-18-8-4-6-10-21(18)25(3)17(26)2/h4-13,17H,14-15H2,1-3H3. The Hall–Kier alpha value is -2.94. The van der Waals surface area contributed by atoms with Crippen molar-refractivity contribution in [3.63, 3.8) is 0 Å². The fraction of sp³-hybridized carbons (Fsp3) is 0.250. The second-order valence-corrected chi connectivity index (χ2v) is 7.52. The highest BCUT2D eigenvalue weighted by Crippen LogP contribution is 2.39. The van der Waals surface area contributed by atoms with Gasteiger partial charge in [-0.05, 0) is 43.5 Å². The van der Waals surface area contributed by atoms with Gasteiger partial charge in [0.05, 0.1) is 11.9 Å². The third-order valence-electron chi connectivity index (χ3n) is 6.01.